The molecule has 0 aromatic heterocycles. The Morgan fingerprint density at radius 1 is 1.59 bits per heavy atom. The molecule has 0 atom stereocenters. The molecule has 1 rings (SSSR count). The number of carbonyl (C=O) groups excluding carboxylic acids is 1. The molecule has 0 aliphatic rings. The predicted octanol–water partition coefficient (Wildman–Crippen LogP) is 1.46. The summed E-state index contributed by atoms with van der Waals surface area (Å²) < 4.78 is 13.4. The molecule has 0 spiro atoms. The number of anilines is 1. The van der Waals surface area contributed by atoms with Crippen molar-refractivity contribution in [1.29, 1.82) is 0 Å². The van der Waals surface area contributed by atoms with E-state index < -0.39 is 33.6 Å². The van der Waals surface area contributed by atoms with Crippen molar-refractivity contribution < 1.29 is 14.1 Å². The maximum Gasteiger partial charge on any atom is 0.293 e. The number of nitrogens with one attached hydrogen (secondary N) is 1. The van der Waals surface area contributed by atoms with Crippen LogP contribution in [-0.4, -0.2) is 17.4 Å². The molecule has 0 saturated heterocycles. The van der Waals surface area contributed by atoms with Gasteiger partial charge in [-0.05, 0) is 12.5 Å². The average Bonchev–Trinajstić information content (AvgIpc) is 2.25. The monoisotopic (exact) mass is 241 g/mol. The van der Waals surface area contributed by atoms with Crippen LogP contribution in [0.5, 0.6) is 0 Å². The Morgan fingerprint density at radius 3 is 2.76 bits per heavy atom. The first-order valence-corrected chi connectivity index (χ1v) is 4.99. The third kappa shape index (κ3) is 2.68. The highest BCUT2D eigenvalue weighted by Crippen LogP contribution is 2.27. The zero-order valence-corrected chi connectivity index (χ0v) is 9.20. The zero-order chi connectivity index (χ0) is 13.0. The highest BCUT2D eigenvalue weighted by molar-refractivity contribution is 6.01. The van der Waals surface area contributed by atoms with E-state index in [4.69, 9.17) is 5.73 Å². The Kier molecular flexibility index (Phi) is 3.97. The van der Waals surface area contributed by atoms with Crippen LogP contribution in [0.2, 0.25) is 0 Å². The standard InChI is InChI=1S/C10H12FN3O3/c1-2-5-13-10(15)8-6(11)3-4-7(9(8)12)14(16)17/h3-4H,2,5,12H2,1H3,(H,13,15). The lowest BCUT2D eigenvalue weighted by Crippen LogP contribution is -2.26. The minimum Gasteiger partial charge on any atom is -0.392 e. The average molecular weight is 241 g/mol. The van der Waals surface area contributed by atoms with E-state index in [1.165, 1.54) is 0 Å². The molecule has 17 heavy (non-hydrogen) atoms. The van der Waals surface area contributed by atoms with Gasteiger partial charge in [0, 0.05) is 12.6 Å². The number of nitro groups is 1. The SMILES string of the molecule is CCCNC(=O)c1c(F)ccc([N+](=O)[O-])c1N. The fourth-order valence-electron chi connectivity index (χ4n) is 1.30. The van der Waals surface area contributed by atoms with E-state index in [1.54, 1.807) is 0 Å². The number of rotatable bonds is 4. The van der Waals surface area contributed by atoms with E-state index in [-0.39, 0.29) is 0 Å². The topological polar surface area (TPSA) is 98.3 Å². The number of nitrogen functional groups attached to an aromatic ring is 1. The number of amides is 1. The first kappa shape index (κ1) is 12.9. The summed E-state index contributed by atoms with van der Waals surface area (Å²) in [7, 11) is 0. The van der Waals surface area contributed by atoms with Gasteiger partial charge in [0.15, 0.2) is 0 Å². The van der Waals surface area contributed by atoms with Crippen molar-refractivity contribution in [3.8, 4) is 0 Å². The Balaban J connectivity index is 3.18. The number of benzene rings is 1. The van der Waals surface area contributed by atoms with Crippen molar-refractivity contribution in [2.75, 3.05) is 12.3 Å². The lowest BCUT2D eigenvalue weighted by atomic mass is 10.1. The molecule has 0 saturated carbocycles. The third-order valence-corrected chi connectivity index (χ3v) is 2.13. The van der Waals surface area contributed by atoms with Gasteiger partial charge in [-0.1, -0.05) is 6.92 Å². The first-order chi connectivity index (χ1) is 7.99. The minimum atomic E-state index is -0.873. The fourth-order valence-corrected chi connectivity index (χ4v) is 1.30. The molecular formula is C10H12FN3O3. The van der Waals surface area contributed by atoms with Crippen LogP contribution in [0.15, 0.2) is 12.1 Å². The number of nitrogens with two attached hydrogens (primary N) is 1. The van der Waals surface area contributed by atoms with Crippen molar-refractivity contribution in [2.45, 2.75) is 13.3 Å². The van der Waals surface area contributed by atoms with Crippen LogP contribution in [0, 0.1) is 15.9 Å². The van der Waals surface area contributed by atoms with E-state index in [2.05, 4.69) is 5.32 Å². The van der Waals surface area contributed by atoms with Crippen molar-refractivity contribution >= 4 is 17.3 Å². The second-order valence-electron chi connectivity index (χ2n) is 3.37. The van der Waals surface area contributed by atoms with Crippen molar-refractivity contribution in [3.05, 3.63) is 33.6 Å². The van der Waals surface area contributed by atoms with E-state index in [9.17, 15) is 19.3 Å². The second kappa shape index (κ2) is 5.24. The Bertz CT molecular complexity index is 462. The quantitative estimate of drug-likeness (QED) is 0.473. The number of nitro benzene ring substituents is 1. The molecule has 7 heteroatoms. The highest BCUT2D eigenvalue weighted by Gasteiger charge is 2.23. The van der Waals surface area contributed by atoms with Crippen molar-refractivity contribution in [3.63, 3.8) is 0 Å². The van der Waals surface area contributed by atoms with Crippen LogP contribution in [0.3, 0.4) is 0 Å². The van der Waals surface area contributed by atoms with Gasteiger partial charge in [-0.2, -0.15) is 0 Å². The maximum absolute atomic E-state index is 13.4. The summed E-state index contributed by atoms with van der Waals surface area (Å²) in [6, 6.07) is 1.79. The molecule has 0 aliphatic heterocycles. The Morgan fingerprint density at radius 2 is 2.24 bits per heavy atom. The smallest absolute Gasteiger partial charge is 0.293 e. The lowest BCUT2D eigenvalue weighted by Gasteiger charge is -2.07. The molecule has 1 amide bonds. The molecular weight excluding hydrogens is 229 g/mol. The maximum atomic E-state index is 13.4. The van der Waals surface area contributed by atoms with Crippen LogP contribution >= 0.6 is 0 Å². The van der Waals surface area contributed by atoms with E-state index in [0.29, 0.717) is 13.0 Å². The van der Waals surface area contributed by atoms with Crippen LogP contribution in [0.25, 0.3) is 0 Å². The minimum absolute atomic E-state index is 0.348. The predicted molar refractivity (Wildman–Crippen MR) is 60.1 cm³/mol. The van der Waals surface area contributed by atoms with E-state index >= 15 is 0 Å². The molecule has 1 aromatic rings. The van der Waals surface area contributed by atoms with Gasteiger partial charge in [-0.3, -0.25) is 14.9 Å². The largest absolute Gasteiger partial charge is 0.392 e. The molecule has 6 nitrogen and oxygen atoms in total. The molecule has 3 N–H and O–H groups in total. The second-order valence-corrected chi connectivity index (χ2v) is 3.37. The van der Waals surface area contributed by atoms with Crippen molar-refractivity contribution in [2.24, 2.45) is 0 Å². The number of carbonyl (C=O) groups is 1. The molecule has 0 radical (unpaired) electrons. The molecule has 0 aliphatic carbocycles. The summed E-state index contributed by atoms with van der Waals surface area (Å²) in [6.07, 6.45) is 0.669. The molecule has 1 aromatic carbocycles. The van der Waals surface area contributed by atoms with Crippen LogP contribution in [-0.2, 0) is 0 Å². The summed E-state index contributed by atoms with van der Waals surface area (Å²) >= 11 is 0. The summed E-state index contributed by atoms with van der Waals surface area (Å²) in [5, 5.41) is 13.0. The Hall–Kier alpha value is -2.18. The van der Waals surface area contributed by atoms with Gasteiger partial charge in [0.05, 0.1) is 4.92 Å². The number of halogens is 1. The number of hydrogen-bond donors (Lipinski definition) is 2. The molecule has 0 unspecified atom stereocenters. The van der Waals surface area contributed by atoms with Crippen LogP contribution in [0.1, 0.15) is 23.7 Å². The molecule has 0 bridgehead atoms. The first-order valence-electron chi connectivity index (χ1n) is 4.99. The Labute approximate surface area is 96.8 Å². The van der Waals surface area contributed by atoms with Crippen LogP contribution in [0.4, 0.5) is 15.8 Å². The van der Waals surface area contributed by atoms with Gasteiger partial charge in [-0.25, -0.2) is 4.39 Å². The van der Waals surface area contributed by atoms with E-state index in [1.807, 2.05) is 6.92 Å². The van der Waals surface area contributed by atoms with Crippen molar-refractivity contribution in [1.82, 2.24) is 5.32 Å². The third-order valence-electron chi connectivity index (χ3n) is 2.13. The van der Waals surface area contributed by atoms with Gasteiger partial charge < -0.3 is 11.1 Å². The summed E-state index contributed by atoms with van der Waals surface area (Å²) in [5.41, 5.74) is 4.00. The lowest BCUT2D eigenvalue weighted by molar-refractivity contribution is -0.384. The summed E-state index contributed by atoms with van der Waals surface area (Å²) in [6.45, 7) is 2.17. The normalized spacial score (nSPS) is 10.0. The van der Waals surface area contributed by atoms with Gasteiger partial charge in [0.25, 0.3) is 11.6 Å². The number of nitrogens with zero attached hydrogens (tertiary/aromatic N) is 1. The zero-order valence-electron chi connectivity index (χ0n) is 9.20. The van der Waals surface area contributed by atoms with Gasteiger partial charge >= 0.3 is 0 Å². The van der Waals surface area contributed by atoms with Gasteiger partial charge in [-0.15, -0.1) is 0 Å². The molecule has 92 valence electrons. The highest BCUT2D eigenvalue weighted by atomic mass is 19.1. The fraction of sp³-hybridized carbons (Fsp3) is 0.300. The van der Waals surface area contributed by atoms with Gasteiger partial charge in [0.2, 0.25) is 0 Å². The van der Waals surface area contributed by atoms with Crippen LogP contribution < -0.4 is 11.1 Å². The molecule has 0 fully saturated rings. The van der Waals surface area contributed by atoms with Gasteiger partial charge in [0.1, 0.15) is 17.1 Å². The van der Waals surface area contributed by atoms with E-state index in [0.717, 1.165) is 12.1 Å². The summed E-state index contributed by atoms with van der Waals surface area (Å²) in [4.78, 5) is 21.4. The number of hydrogen-bond acceptors (Lipinski definition) is 4. The molecule has 0 heterocycles. The summed E-state index contributed by atoms with van der Waals surface area (Å²) in [5.74, 6) is -1.62.